The quantitative estimate of drug-likeness (QED) is 0.436. The lowest BCUT2D eigenvalue weighted by Crippen LogP contribution is -2.49. The van der Waals surface area contributed by atoms with Gasteiger partial charge in [-0.15, -0.1) is 0 Å². The average Bonchev–Trinajstić information content (AvgIpc) is 3.17. The zero-order chi connectivity index (χ0) is 25.9. The van der Waals surface area contributed by atoms with E-state index in [1.54, 1.807) is 53.4 Å². The van der Waals surface area contributed by atoms with Gasteiger partial charge in [-0.3, -0.25) is 19.3 Å². The zero-order valence-electron chi connectivity index (χ0n) is 19.8. The molecule has 2 heterocycles. The Morgan fingerprint density at radius 2 is 1.62 bits per heavy atom. The van der Waals surface area contributed by atoms with E-state index in [4.69, 9.17) is 0 Å². The molecule has 188 valence electrons. The number of hydrogen-bond acceptors (Lipinski definition) is 5. The van der Waals surface area contributed by atoms with Crippen LogP contribution in [0.25, 0.3) is 6.08 Å². The summed E-state index contributed by atoms with van der Waals surface area (Å²) in [7, 11) is 0. The molecule has 3 aromatic carbocycles. The third-order valence-electron chi connectivity index (χ3n) is 6.32. The molecule has 0 unspecified atom stereocenters. The van der Waals surface area contributed by atoms with Gasteiger partial charge in [0.05, 0.1) is 17.1 Å². The van der Waals surface area contributed by atoms with Crippen molar-refractivity contribution in [1.82, 2.24) is 9.80 Å². The van der Waals surface area contributed by atoms with Crippen LogP contribution in [0.3, 0.4) is 0 Å². The Labute approximate surface area is 217 Å². The Balaban J connectivity index is 1.25. The second kappa shape index (κ2) is 10.6. The summed E-state index contributed by atoms with van der Waals surface area (Å²) in [5, 5.41) is -0.402. The van der Waals surface area contributed by atoms with E-state index in [1.165, 1.54) is 30.3 Å². The molecule has 2 fully saturated rings. The Bertz CT molecular complexity index is 1390. The molecule has 2 aliphatic rings. The molecular formula is C28H23F2N3O3S. The van der Waals surface area contributed by atoms with Crippen LogP contribution in [-0.4, -0.2) is 53.0 Å². The molecule has 0 radical (unpaired) electrons. The lowest BCUT2D eigenvalue weighted by molar-refractivity contribution is -0.123. The molecule has 5 rings (SSSR count). The Morgan fingerprint density at radius 1 is 0.892 bits per heavy atom. The minimum absolute atomic E-state index is 0.0552. The molecule has 6 nitrogen and oxygen atoms in total. The maximum Gasteiger partial charge on any atom is 0.293 e. The molecule has 0 aliphatic carbocycles. The van der Waals surface area contributed by atoms with Crippen molar-refractivity contribution in [2.45, 2.75) is 6.54 Å². The molecule has 3 amide bonds. The maximum atomic E-state index is 14.1. The fraction of sp³-hybridized carbons (Fsp3) is 0.179. The third-order valence-corrected chi connectivity index (χ3v) is 7.23. The first-order valence-corrected chi connectivity index (χ1v) is 12.6. The van der Waals surface area contributed by atoms with Gasteiger partial charge in [-0.05, 0) is 65.4 Å². The largest absolute Gasteiger partial charge is 0.366 e. The number of amides is 3. The van der Waals surface area contributed by atoms with Gasteiger partial charge in [0, 0.05) is 31.7 Å². The average molecular weight is 520 g/mol. The number of imide groups is 1. The monoisotopic (exact) mass is 519 g/mol. The lowest BCUT2D eigenvalue weighted by Gasteiger charge is -2.36. The van der Waals surface area contributed by atoms with Crippen LogP contribution in [0.4, 0.5) is 19.3 Å². The van der Waals surface area contributed by atoms with Crippen molar-refractivity contribution in [1.29, 1.82) is 0 Å². The second-order valence-corrected chi connectivity index (χ2v) is 9.74. The molecule has 37 heavy (non-hydrogen) atoms. The second-order valence-electron chi connectivity index (χ2n) is 8.75. The highest BCUT2D eigenvalue weighted by Crippen LogP contribution is 2.33. The first-order valence-electron chi connectivity index (χ1n) is 11.8. The van der Waals surface area contributed by atoms with Crippen LogP contribution in [0.15, 0.2) is 77.7 Å². The summed E-state index contributed by atoms with van der Waals surface area (Å²) >= 11 is 0.834. The van der Waals surface area contributed by atoms with E-state index in [-0.39, 0.29) is 29.0 Å². The molecule has 0 spiro atoms. The highest BCUT2D eigenvalue weighted by atomic mass is 32.2. The van der Waals surface area contributed by atoms with Crippen molar-refractivity contribution in [2.24, 2.45) is 0 Å². The van der Waals surface area contributed by atoms with Gasteiger partial charge in [0.15, 0.2) is 0 Å². The molecule has 9 heteroatoms. The van der Waals surface area contributed by atoms with E-state index in [1.807, 2.05) is 4.90 Å². The minimum atomic E-state index is -0.430. The van der Waals surface area contributed by atoms with Crippen LogP contribution < -0.4 is 4.90 Å². The number of carbonyl (C=O) groups is 3. The lowest BCUT2D eigenvalue weighted by atomic mass is 10.1. The smallest absolute Gasteiger partial charge is 0.293 e. The summed E-state index contributed by atoms with van der Waals surface area (Å²) in [4.78, 5) is 43.5. The predicted molar refractivity (Wildman–Crippen MR) is 139 cm³/mol. The van der Waals surface area contributed by atoms with E-state index >= 15 is 0 Å². The first kappa shape index (κ1) is 24.7. The number of rotatable bonds is 5. The van der Waals surface area contributed by atoms with Crippen LogP contribution in [-0.2, 0) is 11.3 Å². The number of anilines is 1. The number of nitrogens with zero attached hydrogens (tertiary/aromatic N) is 3. The van der Waals surface area contributed by atoms with Crippen LogP contribution in [0.5, 0.6) is 0 Å². The number of thioether (sulfide) groups is 1. The fourth-order valence-corrected chi connectivity index (χ4v) is 5.20. The van der Waals surface area contributed by atoms with Crippen LogP contribution >= 0.6 is 11.8 Å². The number of benzene rings is 3. The number of hydrogen-bond donors (Lipinski definition) is 0. The summed E-state index contributed by atoms with van der Waals surface area (Å²) in [5.41, 5.74) is 2.28. The maximum absolute atomic E-state index is 14.1. The summed E-state index contributed by atoms with van der Waals surface area (Å²) in [6.07, 6.45) is 1.60. The van der Waals surface area contributed by atoms with Crippen molar-refractivity contribution < 1.29 is 23.2 Å². The number of piperazine rings is 1. The number of halogens is 2. The summed E-state index contributed by atoms with van der Waals surface area (Å²) in [5.74, 6) is -1.25. The Morgan fingerprint density at radius 3 is 2.35 bits per heavy atom. The minimum Gasteiger partial charge on any atom is -0.366 e. The van der Waals surface area contributed by atoms with Crippen molar-refractivity contribution in [3.63, 3.8) is 0 Å². The van der Waals surface area contributed by atoms with Crippen molar-refractivity contribution >= 4 is 40.6 Å². The number of para-hydroxylation sites is 1. The molecule has 0 atom stereocenters. The first-order chi connectivity index (χ1) is 17.9. The van der Waals surface area contributed by atoms with Gasteiger partial charge in [-0.2, -0.15) is 0 Å². The van der Waals surface area contributed by atoms with Crippen LogP contribution in [0.1, 0.15) is 21.5 Å². The molecular weight excluding hydrogens is 496 g/mol. The standard InChI is InChI=1S/C28H23F2N3O3S/c29-22-10-8-19(9-11-22)18-33-27(35)25(37-28(33)36)17-20-4-3-5-21(16-20)26(34)32-14-12-31(13-15-32)24-7-2-1-6-23(24)30/h1-11,16-17H,12-15,18H2. The van der Waals surface area contributed by atoms with E-state index in [9.17, 15) is 23.2 Å². The highest BCUT2D eigenvalue weighted by Gasteiger charge is 2.35. The van der Waals surface area contributed by atoms with Gasteiger partial charge >= 0.3 is 0 Å². The van der Waals surface area contributed by atoms with Gasteiger partial charge in [0.2, 0.25) is 0 Å². The van der Waals surface area contributed by atoms with Gasteiger partial charge in [0.25, 0.3) is 17.1 Å². The van der Waals surface area contributed by atoms with Gasteiger partial charge in [0.1, 0.15) is 11.6 Å². The topological polar surface area (TPSA) is 60.9 Å². The summed E-state index contributed by atoms with van der Waals surface area (Å²) in [6.45, 7) is 2.01. The molecule has 0 N–H and O–H groups in total. The molecule has 2 saturated heterocycles. The summed E-state index contributed by atoms with van der Waals surface area (Å²) < 4.78 is 27.3. The SMILES string of the molecule is O=C(c1cccc(C=C2SC(=O)N(Cc3ccc(F)cc3)C2=O)c1)N1CCN(c2ccccc2F)CC1. The Hall–Kier alpha value is -3.98. The molecule has 3 aromatic rings. The summed E-state index contributed by atoms with van der Waals surface area (Å²) in [6, 6.07) is 19.1. The highest BCUT2D eigenvalue weighted by molar-refractivity contribution is 8.18. The van der Waals surface area contributed by atoms with Crippen LogP contribution in [0, 0.1) is 11.6 Å². The third kappa shape index (κ3) is 5.41. The zero-order valence-corrected chi connectivity index (χ0v) is 20.6. The molecule has 0 bridgehead atoms. The van der Waals surface area contributed by atoms with Gasteiger partial charge < -0.3 is 9.80 Å². The van der Waals surface area contributed by atoms with E-state index in [0.29, 0.717) is 48.6 Å². The van der Waals surface area contributed by atoms with E-state index in [2.05, 4.69) is 0 Å². The van der Waals surface area contributed by atoms with Crippen molar-refractivity contribution in [3.05, 3.63) is 106 Å². The molecule has 2 aliphatic heterocycles. The molecule has 0 aromatic heterocycles. The van der Waals surface area contributed by atoms with Crippen molar-refractivity contribution in [2.75, 3.05) is 31.1 Å². The normalized spacial score (nSPS) is 17.1. The van der Waals surface area contributed by atoms with E-state index < -0.39 is 11.1 Å². The predicted octanol–water partition coefficient (Wildman–Crippen LogP) is 5.16. The Kier molecular flexibility index (Phi) is 7.05. The fourth-order valence-electron chi connectivity index (χ4n) is 4.36. The van der Waals surface area contributed by atoms with Crippen molar-refractivity contribution in [3.8, 4) is 0 Å². The number of carbonyl (C=O) groups excluding carboxylic acids is 3. The van der Waals surface area contributed by atoms with Gasteiger partial charge in [-0.1, -0.05) is 36.4 Å². The van der Waals surface area contributed by atoms with E-state index in [0.717, 1.165) is 16.7 Å². The van der Waals surface area contributed by atoms with Crippen LogP contribution in [0.2, 0.25) is 0 Å². The van der Waals surface area contributed by atoms with Gasteiger partial charge in [-0.25, -0.2) is 8.78 Å². The molecule has 0 saturated carbocycles.